The molecule has 0 unspecified atom stereocenters. The molecule has 1 amide bonds. The average Bonchev–Trinajstić information content (AvgIpc) is 2.72. The third-order valence-electron chi connectivity index (χ3n) is 2.87. The number of aryl methyl sites for hydroxylation is 1. The van der Waals surface area contributed by atoms with E-state index in [2.05, 4.69) is 14.9 Å². The number of nitrogens with two attached hydrogens (primary N) is 1. The van der Waals surface area contributed by atoms with Gasteiger partial charge in [-0.05, 0) is 31.3 Å². The van der Waals surface area contributed by atoms with Crippen LogP contribution in [-0.2, 0) is 0 Å². The summed E-state index contributed by atoms with van der Waals surface area (Å²) >= 11 is 1.11. The number of carbonyl (C=O) groups is 1. The largest absolute Gasteiger partial charge is 0.349 e. The lowest BCUT2D eigenvalue weighted by Gasteiger charge is -2.26. The van der Waals surface area contributed by atoms with Gasteiger partial charge >= 0.3 is 0 Å². The van der Waals surface area contributed by atoms with E-state index in [1.807, 2.05) is 13.8 Å². The first-order valence-corrected chi connectivity index (χ1v) is 6.15. The van der Waals surface area contributed by atoms with Crippen molar-refractivity contribution in [3.05, 3.63) is 10.6 Å². The zero-order chi connectivity index (χ0) is 12.2. The minimum atomic E-state index is -0.318. The number of nitrogens with zero attached hydrogens (tertiary/aromatic N) is 2. The lowest BCUT2D eigenvalue weighted by molar-refractivity contribution is 0.0945. The van der Waals surface area contributed by atoms with E-state index in [0.29, 0.717) is 17.1 Å². The quantitative estimate of drug-likeness (QED) is 0.810. The number of rotatable bonds is 5. The number of carbonyl (C=O) groups excluding carboxylic acids is 1. The van der Waals surface area contributed by atoms with Crippen molar-refractivity contribution < 1.29 is 4.79 Å². The molecule has 90 valence electrons. The zero-order valence-electron chi connectivity index (χ0n) is 9.91. The highest BCUT2D eigenvalue weighted by Crippen LogP contribution is 2.12. The van der Waals surface area contributed by atoms with Gasteiger partial charge in [0, 0.05) is 12.1 Å². The molecule has 16 heavy (non-hydrogen) atoms. The van der Waals surface area contributed by atoms with Crippen molar-refractivity contribution in [1.82, 2.24) is 14.9 Å². The first-order valence-electron chi connectivity index (χ1n) is 5.38. The van der Waals surface area contributed by atoms with Crippen molar-refractivity contribution in [1.29, 1.82) is 0 Å². The van der Waals surface area contributed by atoms with Crippen LogP contribution in [0.15, 0.2) is 0 Å². The molecule has 0 bridgehead atoms. The zero-order valence-corrected chi connectivity index (χ0v) is 10.7. The van der Waals surface area contributed by atoms with Crippen molar-refractivity contribution in [2.75, 3.05) is 6.54 Å². The van der Waals surface area contributed by atoms with Gasteiger partial charge in [-0.1, -0.05) is 18.3 Å². The van der Waals surface area contributed by atoms with Gasteiger partial charge in [0.2, 0.25) is 0 Å². The molecule has 0 aromatic carbocycles. The molecule has 0 aliphatic rings. The van der Waals surface area contributed by atoms with Crippen molar-refractivity contribution in [2.45, 2.75) is 39.2 Å². The molecule has 3 N–H and O–H groups in total. The standard InChI is InChI=1S/C10H18N4OS/c1-4-10(11,5-2)6-12-9(15)8-7(3)13-14-16-8/h4-6,11H2,1-3H3,(H,12,15). The third kappa shape index (κ3) is 2.99. The highest BCUT2D eigenvalue weighted by Gasteiger charge is 2.22. The summed E-state index contributed by atoms with van der Waals surface area (Å²) in [7, 11) is 0. The van der Waals surface area contributed by atoms with Gasteiger partial charge in [-0.15, -0.1) is 5.10 Å². The van der Waals surface area contributed by atoms with Gasteiger partial charge in [-0.25, -0.2) is 0 Å². The maximum Gasteiger partial charge on any atom is 0.265 e. The predicted molar refractivity (Wildman–Crippen MR) is 64.5 cm³/mol. The van der Waals surface area contributed by atoms with Gasteiger partial charge in [0.05, 0.1) is 5.69 Å². The minimum absolute atomic E-state index is 0.135. The van der Waals surface area contributed by atoms with Crippen LogP contribution in [0.3, 0.4) is 0 Å². The van der Waals surface area contributed by atoms with E-state index in [1.54, 1.807) is 6.92 Å². The molecular weight excluding hydrogens is 224 g/mol. The van der Waals surface area contributed by atoms with Gasteiger partial charge in [0.1, 0.15) is 4.88 Å². The van der Waals surface area contributed by atoms with E-state index in [9.17, 15) is 4.79 Å². The van der Waals surface area contributed by atoms with E-state index in [-0.39, 0.29) is 11.4 Å². The number of nitrogens with one attached hydrogen (secondary N) is 1. The Kier molecular flexibility index (Phi) is 4.37. The minimum Gasteiger partial charge on any atom is -0.349 e. The Morgan fingerprint density at radius 3 is 2.56 bits per heavy atom. The molecule has 6 heteroatoms. The molecule has 0 saturated carbocycles. The van der Waals surface area contributed by atoms with Gasteiger partial charge < -0.3 is 11.1 Å². The van der Waals surface area contributed by atoms with Crippen LogP contribution in [0.2, 0.25) is 0 Å². The van der Waals surface area contributed by atoms with Crippen LogP contribution in [0.4, 0.5) is 0 Å². The molecule has 1 rings (SSSR count). The highest BCUT2D eigenvalue weighted by atomic mass is 32.1. The Balaban J connectivity index is 2.57. The fourth-order valence-electron chi connectivity index (χ4n) is 1.28. The number of amides is 1. The Bertz CT molecular complexity index is 359. The van der Waals surface area contributed by atoms with Crippen LogP contribution in [0.25, 0.3) is 0 Å². The molecule has 0 saturated heterocycles. The molecule has 0 spiro atoms. The topological polar surface area (TPSA) is 80.9 Å². The second-order valence-electron chi connectivity index (χ2n) is 3.94. The summed E-state index contributed by atoms with van der Waals surface area (Å²) in [6, 6.07) is 0. The van der Waals surface area contributed by atoms with Crippen LogP contribution < -0.4 is 11.1 Å². The molecule has 1 aromatic rings. The summed E-state index contributed by atoms with van der Waals surface area (Å²) in [5.41, 5.74) is 6.44. The third-order valence-corrected chi connectivity index (χ3v) is 3.69. The molecule has 0 atom stereocenters. The monoisotopic (exact) mass is 242 g/mol. The summed E-state index contributed by atoms with van der Waals surface area (Å²) in [6.45, 7) is 6.30. The Hall–Kier alpha value is -1.01. The van der Waals surface area contributed by atoms with Crippen LogP contribution in [0, 0.1) is 6.92 Å². The fourth-order valence-corrected chi connectivity index (χ4v) is 1.85. The number of hydrogen-bond acceptors (Lipinski definition) is 5. The average molecular weight is 242 g/mol. The Morgan fingerprint density at radius 1 is 1.50 bits per heavy atom. The molecule has 0 fully saturated rings. The van der Waals surface area contributed by atoms with Crippen LogP contribution in [-0.4, -0.2) is 27.6 Å². The molecule has 1 aromatic heterocycles. The van der Waals surface area contributed by atoms with Crippen molar-refractivity contribution in [2.24, 2.45) is 5.73 Å². The second-order valence-corrected chi connectivity index (χ2v) is 4.69. The SMILES string of the molecule is CCC(N)(CC)CNC(=O)c1snnc1C. The molecular formula is C10H18N4OS. The van der Waals surface area contributed by atoms with Crippen LogP contribution >= 0.6 is 11.5 Å². The summed E-state index contributed by atoms with van der Waals surface area (Å²) in [4.78, 5) is 12.3. The maximum atomic E-state index is 11.8. The summed E-state index contributed by atoms with van der Waals surface area (Å²) in [6.07, 6.45) is 1.67. The number of aromatic nitrogens is 2. The molecule has 0 aliphatic carbocycles. The van der Waals surface area contributed by atoms with E-state index in [4.69, 9.17) is 5.73 Å². The Morgan fingerprint density at radius 2 is 2.12 bits per heavy atom. The Labute approximate surface area is 99.6 Å². The van der Waals surface area contributed by atoms with E-state index in [0.717, 1.165) is 24.4 Å². The first-order chi connectivity index (χ1) is 7.52. The van der Waals surface area contributed by atoms with Crippen molar-refractivity contribution in [3.8, 4) is 0 Å². The summed E-state index contributed by atoms with van der Waals surface area (Å²) in [5, 5.41) is 6.63. The van der Waals surface area contributed by atoms with Gasteiger partial charge in [-0.3, -0.25) is 4.79 Å². The van der Waals surface area contributed by atoms with Gasteiger partial charge in [0.25, 0.3) is 5.91 Å². The van der Waals surface area contributed by atoms with Crippen LogP contribution in [0.5, 0.6) is 0 Å². The van der Waals surface area contributed by atoms with E-state index >= 15 is 0 Å². The van der Waals surface area contributed by atoms with Crippen LogP contribution in [0.1, 0.15) is 42.1 Å². The predicted octanol–water partition coefficient (Wildman–Crippen LogP) is 1.09. The summed E-state index contributed by atoms with van der Waals surface area (Å²) < 4.78 is 3.73. The van der Waals surface area contributed by atoms with E-state index in [1.165, 1.54) is 0 Å². The maximum absolute atomic E-state index is 11.8. The molecule has 5 nitrogen and oxygen atoms in total. The fraction of sp³-hybridized carbons (Fsp3) is 0.700. The number of hydrogen-bond donors (Lipinski definition) is 2. The molecule has 0 radical (unpaired) electrons. The van der Waals surface area contributed by atoms with Crippen molar-refractivity contribution in [3.63, 3.8) is 0 Å². The molecule has 1 heterocycles. The highest BCUT2D eigenvalue weighted by molar-refractivity contribution is 7.07. The van der Waals surface area contributed by atoms with Crippen molar-refractivity contribution >= 4 is 17.4 Å². The van der Waals surface area contributed by atoms with Gasteiger partial charge in [-0.2, -0.15) is 0 Å². The smallest absolute Gasteiger partial charge is 0.265 e. The van der Waals surface area contributed by atoms with E-state index < -0.39 is 0 Å². The normalized spacial score (nSPS) is 11.5. The first kappa shape index (κ1) is 13.1. The lowest BCUT2D eigenvalue weighted by atomic mass is 9.94. The lowest BCUT2D eigenvalue weighted by Crippen LogP contribution is -2.49. The van der Waals surface area contributed by atoms with Gasteiger partial charge in [0.15, 0.2) is 0 Å². The molecule has 0 aliphatic heterocycles. The second kappa shape index (κ2) is 5.36. The summed E-state index contributed by atoms with van der Waals surface area (Å²) in [5.74, 6) is -0.135.